The molecule has 266 valence electrons. The second-order valence-corrected chi connectivity index (χ2v) is 14.5. The normalized spacial score (nSPS) is 17.0. The number of aromatic nitrogens is 4. The summed E-state index contributed by atoms with van der Waals surface area (Å²) in [7, 11) is 0. The van der Waals surface area contributed by atoms with Crippen LogP contribution in [0.1, 0.15) is 68.9 Å². The molecule has 5 heterocycles. The maximum Gasteiger partial charge on any atom is 0.410 e. The first-order valence-electron chi connectivity index (χ1n) is 16.8. The fourth-order valence-corrected chi connectivity index (χ4v) is 6.48. The van der Waals surface area contributed by atoms with Crippen LogP contribution in [-0.4, -0.2) is 80.4 Å². The molecule has 1 N–H and O–H groups in total. The van der Waals surface area contributed by atoms with E-state index in [0.29, 0.717) is 95.1 Å². The summed E-state index contributed by atoms with van der Waals surface area (Å²) in [5.41, 5.74) is 2.41. The third-order valence-corrected chi connectivity index (χ3v) is 9.28. The van der Waals surface area contributed by atoms with Crippen LogP contribution in [0.4, 0.5) is 10.6 Å². The summed E-state index contributed by atoms with van der Waals surface area (Å²) in [6.45, 7) is 13.4. The smallest absolute Gasteiger partial charge is 0.410 e. The Labute approximate surface area is 301 Å². The molecule has 0 radical (unpaired) electrons. The molecule has 14 heteroatoms. The minimum atomic E-state index is -0.615. The van der Waals surface area contributed by atoms with Gasteiger partial charge in [0.05, 0.1) is 65.2 Å². The van der Waals surface area contributed by atoms with E-state index in [-0.39, 0.29) is 12.5 Å². The first-order valence-corrected chi connectivity index (χ1v) is 17.2. The van der Waals surface area contributed by atoms with Gasteiger partial charge >= 0.3 is 6.09 Å². The lowest BCUT2D eigenvalue weighted by atomic mass is 9.89. The highest BCUT2D eigenvalue weighted by Gasteiger charge is 2.33. The monoisotopic (exact) mass is 712 g/mol. The molecule has 2 aliphatic heterocycles. The topological polar surface area (TPSA) is 147 Å². The molecule has 2 fully saturated rings. The highest BCUT2D eigenvalue weighted by Crippen LogP contribution is 2.32. The van der Waals surface area contributed by atoms with Gasteiger partial charge in [0.2, 0.25) is 0 Å². The summed E-state index contributed by atoms with van der Waals surface area (Å²) < 4.78 is 19.2. The summed E-state index contributed by atoms with van der Waals surface area (Å²) in [4.78, 5) is 39.1. The van der Waals surface area contributed by atoms with Crippen molar-refractivity contribution in [2.24, 2.45) is 0 Å². The molecule has 6 rings (SSSR count). The Balaban J connectivity index is 1.18. The van der Waals surface area contributed by atoms with Crippen molar-refractivity contribution in [3.63, 3.8) is 0 Å². The molecule has 0 spiro atoms. The molecule has 4 aromatic rings. The third-order valence-electron chi connectivity index (χ3n) is 8.96. The van der Waals surface area contributed by atoms with Crippen LogP contribution in [0, 0.1) is 18.3 Å². The van der Waals surface area contributed by atoms with Gasteiger partial charge in [-0.05, 0) is 72.1 Å². The van der Waals surface area contributed by atoms with Gasteiger partial charge in [-0.1, -0.05) is 23.7 Å². The number of hydrogen-bond donors (Lipinski definition) is 1. The summed E-state index contributed by atoms with van der Waals surface area (Å²) >= 11 is 6.35. The minimum absolute atomic E-state index is 0.173. The van der Waals surface area contributed by atoms with Crippen molar-refractivity contribution in [3.05, 3.63) is 82.3 Å². The van der Waals surface area contributed by atoms with Gasteiger partial charge in [-0.15, -0.1) is 0 Å². The largest absolute Gasteiger partial charge is 0.491 e. The average Bonchev–Trinajstić information content (AvgIpc) is 3.50. The van der Waals surface area contributed by atoms with Crippen LogP contribution in [0.5, 0.6) is 5.75 Å². The molecular formula is C37H41ClN8O5. The van der Waals surface area contributed by atoms with E-state index >= 15 is 0 Å². The molecule has 51 heavy (non-hydrogen) atoms. The zero-order valence-corrected chi connectivity index (χ0v) is 30.4. The number of nitrogens with one attached hydrogen (secondary N) is 1. The number of allylic oxidation sites excluding steroid dienone is 1. The van der Waals surface area contributed by atoms with E-state index in [0.717, 1.165) is 5.56 Å². The number of fused-ring (bicyclic) bond motifs is 1. The Morgan fingerprint density at radius 1 is 1.12 bits per heavy atom. The number of ether oxygens (including phenoxy) is 3. The second-order valence-electron chi connectivity index (χ2n) is 14.1. The summed E-state index contributed by atoms with van der Waals surface area (Å²) in [5, 5.41) is 17.9. The number of pyridine rings is 1. The lowest BCUT2D eigenvalue weighted by molar-refractivity contribution is 0.00776. The van der Waals surface area contributed by atoms with Crippen molar-refractivity contribution in [3.8, 4) is 23.1 Å². The first-order chi connectivity index (χ1) is 24.2. The third kappa shape index (κ3) is 7.86. The van der Waals surface area contributed by atoms with E-state index in [9.17, 15) is 14.9 Å². The number of nitrogens with zero attached hydrogens (tertiary/aromatic N) is 7. The highest BCUT2D eigenvalue weighted by molar-refractivity contribution is 6.34. The van der Waals surface area contributed by atoms with Crippen molar-refractivity contribution < 1.29 is 23.8 Å². The summed E-state index contributed by atoms with van der Waals surface area (Å²) in [6.07, 6.45) is 7.56. The number of hydrogen-bond acceptors (Lipinski definition) is 10. The van der Waals surface area contributed by atoms with Gasteiger partial charge in [0, 0.05) is 24.2 Å². The van der Waals surface area contributed by atoms with Crippen LogP contribution in [0.3, 0.4) is 0 Å². The van der Waals surface area contributed by atoms with E-state index in [2.05, 4.69) is 28.3 Å². The zero-order chi connectivity index (χ0) is 36.5. The Hall–Kier alpha value is -5.35. The molecule has 2 saturated heterocycles. The minimum Gasteiger partial charge on any atom is -0.491 e. The van der Waals surface area contributed by atoms with Crippen LogP contribution in [0.15, 0.2) is 60.6 Å². The van der Waals surface area contributed by atoms with Crippen molar-refractivity contribution in [1.29, 1.82) is 5.26 Å². The maximum atomic E-state index is 13.2. The van der Waals surface area contributed by atoms with Gasteiger partial charge in [0.15, 0.2) is 5.76 Å². The van der Waals surface area contributed by atoms with Crippen molar-refractivity contribution in [2.75, 3.05) is 37.7 Å². The molecular weight excluding hydrogens is 672 g/mol. The molecule has 2 aliphatic rings. The van der Waals surface area contributed by atoms with Crippen LogP contribution < -0.4 is 15.0 Å². The predicted molar refractivity (Wildman–Crippen MR) is 192 cm³/mol. The SMILES string of the molecule is C/C(Oc1cc(-c2cnc(N3CCC(C)(NC(=O)c4c(C)cccc4Cl)CC3)cn2)c2c(C#N)cnn2c1)=C1\CN(C(=O)OC(C)(C)C)CCO1. The molecule has 0 unspecified atom stereocenters. The Morgan fingerprint density at radius 2 is 1.88 bits per heavy atom. The Morgan fingerprint density at radius 3 is 2.55 bits per heavy atom. The van der Waals surface area contributed by atoms with Crippen LogP contribution in [0.25, 0.3) is 16.8 Å². The van der Waals surface area contributed by atoms with E-state index in [1.807, 2.05) is 39.8 Å². The van der Waals surface area contributed by atoms with Gasteiger partial charge in [-0.25, -0.2) is 14.3 Å². The maximum absolute atomic E-state index is 13.2. The standard InChI is InChI=1S/C37H41ClN8O5/c1-23-8-7-9-28(38)32(23)34(47)43-37(6)10-12-44(13-11-37)31-20-40-29(19-41-31)27-16-26(21-46-33(27)25(17-39)18-42-46)50-24(2)30-22-45(14-15-49-30)35(48)51-36(3,4)5/h7-9,16,18-21H,10-15,22H2,1-6H3,(H,43,47)/b30-24-. The number of carbonyl (C=O) groups is 2. The molecule has 0 aliphatic carbocycles. The molecule has 0 atom stereocenters. The zero-order valence-electron chi connectivity index (χ0n) is 29.6. The van der Waals surface area contributed by atoms with E-state index in [1.54, 1.807) is 47.1 Å². The van der Waals surface area contributed by atoms with Gasteiger partial charge in [0.25, 0.3) is 5.91 Å². The first kappa shape index (κ1) is 35.5. The van der Waals surface area contributed by atoms with Gasteiger partial charge in [-0.3, -0.25) is 14.7 Å². The van der Waals surface area contributed by atoms with E-state index in [1.165, 1.54) is 6.20 Å². The molecule has 13 nitrogen and oxygen atoms in total. The fourth-order valence-electron chi connectivity index (χ4n) is 6.17. The Bertz CT molecular complexity index is 2020. The number of morpholine rings is 1. The Kier molecular flexibility index (Phi) is 9.81. The number of nitriles is 1. The number of piperidine rings is 1. The molecule has 0 saturated carbocycles. The summed E-state index contributed by atoms with van der Waals surface area (Å²) in [6, 6.07) is 9.44. The molecule has 0 bridgehead atoms. The average molecular weight is 713 g/mol. The number of halogens is 1. The van der Waals surface area contributed by atoms with Gasteiger partial charge < -0.3 is 24.4 Å². The lowest BCUT2D eigenvalue weighted by Crippen LogP contribution is -2.53. The number of amides is 2. The lowest BCUT2D eigenvalue weighted by Gasteiger charge is -2.40. The predicted octanol–water partition coefficient (Wildman–Crippen LogP) is 6.29. The van der Waals surface area contributed by atoms with Crippen molar-refractivity contribution in [1.82, 2.24) is 29.8 Å². The number of rotatable bonds is 6. The number of carbonyl (C=O) groups excluding carboxylic acids is 2. The van der Waals surface area contributed by atoms with Crippen LogP contribution >= 0.6 is 11.6 Å². The molecule has 2 amide bonds. The summed E-state index contributed by atoms with van der Waals surface area (Å²) in [5.74, 6) is 1.94. The van der Waals surface area contributed by atoms with Crippen LogP contribution in [0.2, 0.25) is 5.02 Å². The molecule has 3 aromatic heterocycles. The number of benzene rings is 1. The van der Waals surface area contributed by atoms with Crippen molar-refractivity contribution in [2.45, 2.75) is 65.5 Å². The fraction of sp³-hybridized carbons (Fsp3) is 0.405. The van der Waals surface area contributed by atoms with E-state index < -0.39 is 17.2 Å². The van der Waals surface area contributed by atoms with E-state index in [4.69, 9.17) is 35.8 Å². The number of aryl methyl sites for hydroxylation is 1. The highest BCUT2D eigenvalue weighted by atomic mass is 35.5. The number of anilines is 1. The van der Waals surface area contributed by atoms with Gasteiger partial charge in [-0.2, -0.15) is 10.4 Å². The second kappa shape index (κ2) is 14.1. The van der Waals surface area contributed by atoms with Crippen LogP contribution in [-0.2, 0) is 9.47 Å². The molecule has 1 aromatic carbocycles. The van der Waals surface area contributed by atoms with Gasteiger partial charge in [0.1, 0.15) is 35.6 Å². The van der Waals surface area contributed by atoms with Crippen molar-refractivity contribution >= 4 is 34.9 Å². The quantitative estimate of drug-likeness (QED) is 0.226.